The van der Waals surface area contributed by atoms with Crippen LogP contribution in [0.4, 0.5) is 0 Å². The first-order valence-electron chi connectivity index (χ1n) is 3.34. The van der Waals surface area contributed by atoms with Crippen LogP contribution in [-0.2, 0) is 0 Å². The fourth-order valence-electron chi connectivity index (χ4n) is 0.546. The summed E-state index contributed by atoms with van der Waals surface area (Å²) in [6, 6.07) is 0. The highest BCUT2D eigenvalue weighted by Crippen LogP contribution is 2.04. The van der Waals surface area contributed by atoms with Crippen molar-refractivity contribution in [3.63, 3.8) is 0 Å². The molecule has 0 aliphatic heterocycles. The van der Waals surface area contributed by atoms with Crippen molar-refractivity contribution in [2.45, 2.75) is 20.8 Å². The molecule has 0 radical (unpaired) electrons. The van der Waals surface area contributed by atoms with Crippen molar-refractivity contribution < 1.29 is 0 Å². The normalized spacial score (nSPS) is 13.5. The summed E-state index contributed by atoms with van der Waals surface area (Å²) in [5, 5.41) is 0. The largest absolute Gasteiger partial charge is 0.399 e. The SMILES string of the molecule is C=C(C)/C=C(N)\C(C)=C/C. The first kappa shape index (κ1) is 9.02. The summed E-state index contributed by atoms with van der Waals surface area (Å²) in [6.45, 7) is 9.60. The highest BCUT2D eigenvalue weighted by atomic mass is 14.6. The minimum atomic E-state index is 0.801. The number of hydrogen-bond donors (Lipinski definition) is 1. The van der Waals surface area contributed by atoms with E-state index >= 15 is 0 Å². The zero-order valence-electron chi connectivity index (χ0n) is 6.94. The Kier molecular flexibility index (Phi) is 3.55. The minimum Gasteiger partial charge on any atom is -0.399 e. The predicted octanol–water partition coefficient (Wildman–Crippen LogP) is 2.37. The van der Waals surface area contributed by atoms with Crippen LogP contribution in [-0.4, -0.2) is 0 Å². The molecule has 0 unspecified atom stereocenters. The molecule has 0 fully saturated rings. The van der Waals surface area contributed by atoms with Gasteiger partial charge in [0.25, 0.3) is 0 Å². The highest BCUT2D eigenvalue weighted by Gasteiger charge is 1.89. The van der Waals surface area contributed by atoms with Gasteiger partial charge in [-0.2, -0.15) is 0 Å². The van der Waals surface area contributed by atoms with E-state index in [1.54, 1.807) is 0 Å². The molecule has 0 aliphatic rings. The van der Waals surface area contributed by atoms with E-state index in [-0.39, 0.29) is 0 Å². The van der Waals surface area contributed by atoms with Gasteiger partial charge < -0.3 is 5.73 Å². The number of nitrogens with two attached hydrogens (primary N) is 1. The van der Waals surface area contributed by atoms with Gasteiger partial charge in [-0.3, -0.25) is 0 Å². The topological polar surface area (TPSA) is 26.0 Å². The lowest BCUT2D eigenvalue weighted by atomic mass is 10.2. The van der Waals surface area contributed by atoms with Gasteiger partial charge in [-0.15, -0.1) is 0 Å². The summed E-state index contributed by atoms with van der Waals surface area (Å²) in [5.41, 5.74) is 8.55. The average Bonchev–Trinajstić information content (AvgIpc) is 1.85. The lowest BCUT2D eigenvalue weighted by Gasteiger charge is -1.98. The van der Waals surface area contributed by atoms with E-state index < -0.39 is 0 Å². The van der Waals surface area contributed by atoms with E-state index in [0.717, 1.165) is 16.8 Å². The molecule has 2 N–H and O–H groups in total. The summed E-state index contributed by atoms with van der Waals surface area (Å²) in [5.74, 6) is 0. The van der Waals surface area contributed by atoms with Gasteiger partial charge in [0.1, 0.15) is 0 Å². The Morgan fingerprint density at radius 3 is 2.20 bits per heavy atom. The highest BCUT2D eigenvalue weighted by molar-refractivity contribution is 5.31. The Bertz CT molecular complexity index is 185. The van der Waals surface area contributed by atoms with Crippen molar-refractivity contribution in [2.75, 3.05) is 0 Å². The standard InChI is InChI=1S/C9H15N/c1-5-8(4)9(10)6-7(2)3/h5-6H,2,10H2,1,3-4H3/b8-5-,9-6+. The molecule has 0 aromatic rings. The second-order valence-corrected chi connectivity index (χ2v) is 2.42. The molecular weight excluding hydrogens is 122 g/mol. The van der Waals surface area contributed by atoms with Crippen LogP contribution in [0.1, 0.15) is 20.8 Å². The molecule has 0 aromatic carbocycles. The maximum absolute atomic E-state index is 5.66. The van der Waals surface area contributed by atoms with Crippen LogP contribution in [0, 0.1) is 0 Å². The molecule has 10 heavy (non-hydrogen) atoms. The average molecular weight is 137 g/mol. The Morgan fingerprint density at radius 1 is 1.40 bits per heavy atom. The fourth-order valence-corrected chi connectivity index (χ4v) is 0.546. The van der Waals surface area contributed by atoms with E-state index in [9.17, 15) is 0 Å². The van der Waals surface area contributed by atoms with Crippen LogP contribution in [0.15, 0.2) is 35.6 Å². The van der Waals surface area contributed by atoms with Gasteiger partial charge in [0.2, 0.25) is 0 Å². The van der Waals surface area contributed by atoms with Gasteiger partial charge >= 0.3 is 0 Å². The van der Waals surface area contributed by atoms with Gasteiger partial charge in [-0.1, -0.05) is 18.2 Å². The van der Waals surface area contributed by atoms with Crippen molar-refractivity contribution in [1.82, 2.24) is 0 Å². The molecule has 0 aliphatic carbocycles. The van der Waals surface area contributed by atoms with Gasteiger partial charge in [0.05, 0.1) is 0 Å². The Balaban J connectivity index is 4.35. The van der Waals surface area contributed by atoms with Gasteiger partial charge in [-0.05, 0) is 32.4 Å². The lowest BCUT2D eigenvalue weighted by Crippen LogP contribution is -1.97. The van der Waals surface area contributed by atoms with E-state index in [4.69, 9.17) is 5.73 Å². The van der Waals surface area contributed by atoms with Crippen molar-refractivity contribution in [2.24, 2.45) is 5.73 Å². The lowest BCUT2D eigenvalue weighted by molar-refractivity contribution is 1.26. The first-order chi connectivity index (χ1) is 4.57. The third-order valence-electron chi connectivity index (χ3n) is 1.29. The van der Waals surface area contributed by atoms with Crippen LogP contribution in [0.25, 0.3) is 0 Å². The van der Waals surface area contributed by atoms with Crippen LogP contribution in [0.3, 0.4) is 0 Å². The summed E-state index contributed by atoms with van der Waals surface area (Å²) in [6.07, 6.45) is 3.85. The molecule has 0 saturated heterocycles. The molecule has 1 nitrogen and oxygen atoms in total. The van der Waals surface area contributed by atoms with Crippen LogP contribution < -0.4 is 5.73 Å². The number of rotatable bonds is 2. The third kappa shape index (κ3) is 3.13. The van der Waals surface area contributed by atoms with Crippen LogP contribution >= 0.6 is 0 Å². The molecule has 0 atom stereocenters. The molecule has 0 heterocycles. The van der Waals surface area contributed by atoms with Gasteiger partial charge in [-0.25, -0.2) is 0 Å². The Labute approximate surface area is 62.9 Å². The minimum absolute atomic E-state index is 0.801. The molecule has 0 rings (SSSR count). The van der Waals surface area contributed by atoms with E-state index in [1.165, 1.54) is 0 Å². The molecule has 0 spiro atoms. The Morgan fingerprint density at radius 2 is 1.90 bits per heavy atom. The number of allylic oxidation sites excluding steroid dienone is 4. The zero-order valence-corrected chi connectivity index (χ0v) is 6.94. The molecule has 0 amide bonds. The molecule has 1 heteroatoms. The summed E-state index contributed by atoms with van der Waals surface area (Å²) >= 11 is 0. The molecule has 0 aromatic heterocycles. The van der Waals surface area contributed by atoms with Gasteiger partial charge in [0.15, 0.2) is 0 Å². The van der Waals surface area contributed by atoms with Crippen LogP contribution in [0.2, 0.25) is 0 Å². The zero-order chi connectivity index (χ0) is 8.15. The quantitative estimate of drug-likeness (QED) is 0.581. The maximum Gasteiger partial charge on any atom is 0.0342 e. The molecular formula is C9H15N. The van der Waals surface area contributed by atoms with Crippen molar-refractivity contribution in [3.05, 3.63) is 35.6 Å². The van der Waals surface area contributed by atoms with E-state index in [1.807, 2.05) is 32.9 Å². The molecule has 56 valence electrons. The smallest absolute Gasteiger partial charge is 0.0342 e. The Hall–Kier alpha value is -0.980. The second-order valence-electron chi connectivity index (χ2n) is 2.42. The predicted molar refractivity (Wildman–Crippen MR) is 46.5 cm³/mol. The van der Waals surface area contributed by atoms with Gasteiger partial charge in [0, 0.05) is 5.70 Å². The summed E-state index contributed by atoms with van der Waals surface area (Å²) in [7, 11) is 0. The fraction of sp³-hybridized carbons (Fsp3) is 0.333. The summed E-state index contributed by atoms with van der Waals surface area (Å²) < 4.78 is 0. The first-order valence-corrected chi connectivity index (χ1v) is 3.34. The third-order valence-corrected chi connectivity index (χ3v) is 1.29. The van der Waals surface area contributed by atoms with Crippen molar-refractivity contribution >= 4 is 0 Å². The van der Waals surface area contributed by atoms with E-state index in [0.29, 0.717) is 0 Å². The monoisotopic (exact) mass is 137 g/mol. The van der Waals surface area contributed by atoms with E-state index in [2.05, 4.69) is 6.58 Å². The van der Waals surface area contributed by atoms with Crippen molar-refractivity contribution in [3.8, 4) is 0 Å². The van der Waals surface area contributed by atoms with Crippen LogP contribution in [0.5, 0.6) is 0 Å². The number of hydrogen-bond acceptors (Lipinski definition) is 1. The molecule has 0 bridgehead atoms. The molecule has 0 saturated carbocycles. The summed E-state index contributed by atoms with van der Waals surface area (Å²) in [4.78, 5) is 0. The second kappa shape index (κ2) is 3.94. The maximum atomic E-state index is 5.66. The van der Waals surface area contributed by atoms with Crippen molar-refractivity contribution in [1.29, 1.82) is 0 Å².